The largest absolute Gasteiger partial charge is 0.388 e. The lowest BCUT2D eigenvalue weighted by Crippen LogP contribution is -2.39. The summed E-state index contributed by atoms with van der Waals surface area (Å²) in [6, 6.07) is 3.76. The Hall–Kier alpha value is -1.20. The molecule has 1 aromatic heterocycles. The number of nitrogens with two attached hydrogens (primary N) is 1. The van der Waals surface area contributed by atoms with Gasteiger partial charge in [0, 0.05) is 25.5 Å². The van der Waals surface area contributed by atoms with Crippen LogP contribution in [0.2, 0.25) is 0 Å². The standard InChI is InChI=1S/C13H19N3OS/c1-16(9-13(17)5-2-3-6-13)10-4-7-15-11(8-10)12(14)18/h4,7-8,17H,2-3,5-6,9H2,1H3,(H2,14,18). The molecule has 1 aliphatic carbocycles. The van der Waals surface area contributed by atoms with Gasteiger partial charge in [0.05, 0.1) is 11.3 Å². The fourth-order valence-electron chi connectivity index (χ4n) is 2.52. The molecule has 1 aliphatic rings. The number of thiocarbonyl (C=S) groups is 1. The van der Waals surface area contributed by atoms with Gasteiger partial charge in [0.2, 0.25) is 0 Å². The van der Waals surface area contributed by atoms with Crippen LogP contribution < -0.4 is 10.6 Å². The van der Waals surface area contributed by atoms with Gasteiger partial charge in [-0.25, -0.2) is 0 Å². The van der Waals surface area contributed by atoms with Gasteiger partial charge in [0.1, 0.15) is 4.99 Å². The number of likely N-dealkylation sites (N-methyl/N-ethyl adjacent to an activating group) is 1. The molecule has 0 aliphatic heterocycles. The number of pyridine rings is 1. The molecule has 0 bridgehead atoms. The fourth-order valence-corrected chi connectivity index (χ4v) is 2.63. The van der Waals surface area contributed by atoms with Crippen LogP contribution in [0.15, 0.2) is 18.3 Å². The molecule has 0 amide bonds. The van der Waals surface area contributed by atoms with Gasteiger partial charge in [-0.3, -0.25) is 4.98 Å². The molecule has 0 atom stereocenters. The van der Waals surface area contributed by atoms with Crippen molar-refractivity contribution in [3.8, 4) is 0 Å². The lowest BCUT2D eigenvalue weighted by atomic mass is 10.0. The molecule has 1 fully saturated rings. The lowest BCUT2D eigenvalue weighted by Gasteiger charge is -2.30. The highest BCUT2D eigenvalue weighted by atomic mass is 32.1. The number of nitrogens with zero attached hydrogens (tertiary/aromatic N) is 2. The van der Waals surface area contributed by atoms with Gasteiger partial charge in [-0.05, 0) is 25.0 Å². The van der Waals surface area contributed by atoms with Crippen LogP contribution in [0.4, 0.5) is 5.69 Å². The zero-order chi connectivity index (χ0) is 13.2. The van der Waals surface area contributed by atoms with E-state index in [1.54, 1.807) is 6.20 Å². The minimum Gasteiger partial charge on any atom is -0.388 e. The van der Waals surface area contributed by atoms with Gasteiger partial charge >= 0.3 is 0 Å². The maximum absolute atomic E-state index is 10.4. The Morgan fingerprint density at radius 3 is 2.83 bits per heavy atom. The van der Waals surface area contributed by atoms with Crippen LogP contribution in [-0.4, -0.2) is 34.3 Å². The van der Waals surface area contributed by atoms with Crippen LogP contribution in [0.5, 0.6) is 0 Å². The smallest absolute Gasteiger partial charge is 0.122 e. The molecule has 1 saturated carbocycles. The Balaban J connectivity index is 2.10. The normalized spacial score (nSPS) is 17.7. The third-order valence-electron chi connectivity index (χ3n) is 3.50. The summed E-state index contributed by atoms with van der Waals surface area (Å²) < 4.78 is 0. The molecule has 0 unspecified atom stereocenters. The zero-order valence-electron chi connectivity index (χ0n) is 10.6. The van der Waals surface area contributed by atoms with Crippen LogP contribution in [0, 0.1) is 0 Å². The molecule has 5 heteroatoms. The maximum Gasteiger partial charge on any atom is 0.122 e. The molecule has 1 aromatic rings. The van der Waals surface area contributed by atoms with E-state index in [0.717, 1.165) is 31.4 Å². The lowest BCUT2D eigenvalue weighted by molar-refractivity contribution is 0.0559. The molecule has 3 N–H and O–H groups in total. The highest BCUT2D eigenvalue weighted by molar-refractivity contribution is 7.80. The second-order valence-corrected chi connectivity index (χ2v) is 5.49. The van der Waals surface area contributed by atoms with Gasteiger partial charge in [-0.15, -0.1) is 0 Å². The Morgan fingerprint density at radius 2 is 2.22 bits per heavy atom. The molecule has 0 radical (unpaired) electrons. The maximum atomic E-state index is 10.4. The Bertz CT molecular complexity index is 444. The van der Waals surface area contributed by atoms with Crippen molar-refractivity contribution in [3.05, 3.63) is 24.0 Å². The molecular weight excluding hydrogens is 246 g/mol. The predicted molar refractivity (Wildman–Crippen MR) is 76.8 cm³/mol. The molecular formula is C13H19N3OS. The first-order valence-electron chi connectivity index (χ1n) is 6.20. The summed E-state index contributed by atoms with van der Waals surface area (Å²) in [5.41, 5.74) is 6.62. The molecule has 1 heterocycles. The minimum atomic E-state index is -0.554. The van der Waals surface area contributed by atoms with E-state index in [9.17, 15) is 5.11 Å². The van der Waals surface area contributed by atoms with E-state index >= 15 is 0 Å². The monoisotopic (exact) mass is 265 g/mol. The molecule has 0 saturated heterocycles. The zero-order valence-corrected chi connectivity index (χ0v) is 11.4. The van der Waals surface area contributed by atoms with Crippen molar-refractivity contribution in [2.45, 2.75) is 31.3 Å². The van der Waals surface area contributed by atoms with E-state index in [2.05, 4.69) is 4.98 Å². The summed E-state index contributed by atoms with van der Waals surface area (Å²) >= 11 is 4.92. The molecule has 4 nitrogen and oxygen atoms in total. The van der Waals surface area contributed by atoms with Gasteiger partial charge < -0.3 is 15.7 Å². The van der Waals surface area contributed by atoms with E-state index in [4.69, 9.17) is 18.0 Å². The van der Waals surface area contributed by atoms with E-state index in [1.165, 1.54) is 0 Å². The van der Waals surface area contributed by atoms with Crippen LogP contribution in [-0.2, 0) is 0 Å². The molecule has 98 valence electrons. The first kappa shape index (κ1) is 13.2. The van der Waals surface area contributed by atoms with Gasteiger partial charge in [-0.2, -0.15) is 0 Å². The summed E-state index contributed by atoms with van der Waals surface area (Å²) in [7, 11) is 1.97. The highest BCUT2D eigenvalue weighted by Crippen LogP contribution is 2.31. The molecule has 18 heavy (non-hydrogen) atoms. The van der Waals surface area contributed by atoms with Gasteiger partial charge in [0.15, 0.2) is 0 Å². The minimum absolute atomic E-state index is 0.296. The number of anilines is 1. The van der Waals surface area contributed by atoms with Crippen molar-refractivity contribution < 1.29 is 5.11 Å². The number of hydrogen-bond acceptors (Lipinski definition) is 4. The summed E-state index contributed by atoms with van der Waals surface area (Å²) in [6.45, 7) is 0.633. The highest BCUT2D eigenvalue weighted by Gasteiger charge is 2.32. The predicted octanol–water partition coefficient (Wildman–Crippen LogP) is 1.46. The summed E-state index contributed by atoms with van der Waals surface area (Å²) in [4.78, 5) is 6.45. The van der Waals surface area contributed by atoms with Crippen molar-refractivity contribution in [2.24, 2.45) is 5.73 Å². The quantitative estimate of drug-likeness (QED) is 0.807. The van der Waals surface area contributed by atoms with Crippen molar-refractivity contribution in [1.29, 1.82) is 0 Å². The van der Waals surface area contributed by atoms with E-state index in [-0.39, 0.29) is 0 Å². The van der Waals surface area contributed by atoms with Crippen LogP contribution >= 0.6 is 12.2 Å². The van der Waals surface area contributed by atoms with Gasteiger partial charge in [-0.1, -0.05) is 25.1 Å². The van der Waals surface area contributed by atoms with Crippen molar-refractivity contribution in [1.82, 2.24) is 4.98 Å². The second-order valence-electron chi connectivity index (χ2n) is 5.05. The topological polar surface area (TPSA) is 62.4 Å². The Labute approximate surface area is 113 Å². The second kappa shape index (κ2) is 5.20. The van der Waals surface area contributed by atoms with Crippen LogP contribution in [0.3, 0.4) is 0 Å². The molecule has 0 aromatic carbocycles. The average Bonchev–Trinajstić information content (AvgIpc) is 2.76. The van der Waals surface area contributed by atoms with Crippen molar-refractivity contribution in [2.75, 3.05) is 18.5 Å². The van der Waals surface area contributed by atoms with Gasteiger partial charge in [0.25, 0.3) is 0 Å². The number of rotatable bonds is 4. The summed E-state index contributed by atoms with van der Waals surface area (Å²) in [5, 5.41) is 10.4. The third kappa shape index (κ3) is 2.97. The number of aliphatic hydroxyl groups is 1. The number of aromatic nitrogens is 1. The Kier molecular flexibility index (Phi) is 3.82. The summed E-state index contributed by atoms with van der Waals surface area (Å²) in [5.74, 6) is 0. The average molecular weight is 265 g/mol. The summed E-state index contributed by atoms with van der Waals surface area (Å²) in [6.07, 6.45) is 5.67. The first-order valence-corrected chi connectivity index (χ1v) is 6.60. The van der Waals surface area contributed by atoms with E-state index < -0.39 is 5.60 Å². The first-order chi connectivity index (χ1) is 8.50. The van der Waals surface area contributed by atoms with E-state index in [0.29, 0.717) is 17.2 Å². The number of hydrogen-bond donors (Lipinski definition) is 2. The third-order valence-corrected chi connectivity index (χ3v) is 3.71. The van der Waals surface area contributed by atoms with Crippen LogP contribution in [0.25, 0.3) is 0 Å². The fraction of sp³-hybridized carbons (Fsp3) is 0.538. The van der Waals surface area contributed by atoms with Crippen molar-refractivity contribution in [3.63, 3.8) is 0 Å². The van der Waals surface area contributed by atoms with Crippen molar-refractivity contribution >= 4 is 22.9 Å². The molecule has 0 spiro atoms. The Morgan fingerprint density at radius 1 is 1.56 bits per heavy atom. The van der Waals surface area contributed by atoms with Crippen LogP contribution in [0.1, 0.15) is 31.4 Å². The molecule has 2 rings (SSSR count). The van der Waals surface area contributed by atoms with E-state index in [1.807, 2.05) is 24.1 Å². The SMILES string of the molecule is CN(CC1(O)CCCC1)c1ccnc(C(N)=S)c1.